The minimum atomic E-state index is 0.180. The Bertz CT molecular complexity index is 324. The zero-order valence-corrected chi connectivity index (χ0v) is 14.6. The van der Waals surface area contributed by atoms with Crippen LogP contribution in [0, 0.1) is 5.41 Å². The third kappa shape index (κ3) is 9.29. The number of rotatable bonds is 8. The van der Waals surface area contributed by atoms with Crippen LogP contribution in [0.25, 0.3) is 0 Å². The van der Waals surface area contributed by atoms with Crippen LogP contribution in [0.4, 0.5) is 0 Å². The summed E-state index contributed by atoms with van der Waals surface area (Å²) in [4.78, 5) is 0. The van der Waals surface area contributed by atoms with Gasteiger partial charge in [0, 0.05) is 11.4 Å². The van der Waals surface area contributed by atoms with Gasteiger partial charge in [0.2, 0.25) is 0 Å². The van der Waals surface area contributed by atoms with Crippen LogP contribution in [0.5, 0.6) is 0 Å². The topological polar surface area (TPSA) is 12.0 Å². The fourth-order valence-electron chi connectivity index (χ4n) is 2.34. The Labute approximate surface area is 125 Å². The van der Waals surface area contributed by atoms with E-state index in [-0.39, 0.29) is 5.54 Å². The average molecular weight is 286 g/mol. The molecular weight excluding hydrogens is 254 g/mol. The van der Waals surface area contributed by atoms with Gasteiger partial charge in [0.1, 0.15) is 0 Å². The van der Waals surface area contributed by atoms with E-state index in [0.29, 0.717) is 11.3 Å². The second-order valence-electron chi connectivity index (χ2n) is 7.11. The Kier molecular flexibility index (Phi) is 8.00. The molecule has 112 valence electrons. The molecule has 0 radical (unpaired) electrons. The van der Waals surface area contributed by atoms with Crippen LogP contribution >= 0.6 is 11.6 Å². The van der Waals surface area contributed by atoms with Crippen LogP contribution < -0.4 is 5.32 Å². The van der Waals surface area contributed by atoms with Crippen molar-refractivity contribution >= 4 is 11.6 Å². The summed E-state index contributed by atoms with van der Waals surface area (Å²) in [5, 5.41) is 3.35. The SMILES string of the molecule is CNC(C)(C)CC(C)=CCC(C)(C)CC(C)=CCCl. The van der Waals surface area contributed by atoms with Crippen LogP contribution in [-0.2, 0) is 0 Å². The van der Waals surface area contributed by atoms with Gasteiger partial charge >= 0.3 is 0 Å². The molecule has 1 N–H and O–H groups in total. The average Bonchev–Trinajstić information content (AvgIpc) is 2.26. The molecule has 0 spiro atoms. The largest absolute Gasteiger partial charge is 0.314 e. The molecule has 0 saturated heterocycles. The summed E-state index contributed by atoms with van der Waals surface area (Å²) in [6.07, 6.45) is 7.83. The van der Waals surface area contributed by atoms with Gasteiger partial charge in [-0.05, 0) is 59.4 Å². The second kappa shape index (κ2) is 8.11. The molecule has 0 amide bonds. The molecule has 0 saturated carbocycles. The van der Waals surface area contributed by atoms with E-state index in [1.54, 1.807) is 0 Å². The third-order valence-corrected chi connectivity index (χ3v) is 3.74. The molecule has 0 rings (SSSR count). The molecule has 0 aliphatic rings. The van der Waals surface area contributed by atoms with Crippen LogP contribution in [0.1, 0.15) is 60.8 Å². The van der Waals surface area contributed by atoms with E-state index >= 15 is 0 Å². The van der Waals surface area contributed by atoms with E-state index in [2.05, 4.69) is 59.0 Å². The molecule has 0 heterocycles. The number of allylic oxidation sites excluding steroid dienone is 3. The van der Waals surface area contributed by atoms with Crippen molar-refractivity contribution in [1.29, 1.82) is 0 Å². The summed E-state index contributed by atoms with van der Waals surface area (Å²) in [5.74, 6) is 0.618. The highest BCUT2D eigenvalue weighted by Gasteiger charge is 2.18. The number of halogens is 1. The summed E-state index contributed by atoms with van der Waals surface area (Å²) < 4.78 is 0. The van der Waals surface area contributed by atoms with E-state index in [1.807, 2.05) is 7.05 Å². The van der Waals surface area contributed by atoms with Crippen molar-refractivity contribution in [1.82, 2.24) is 5.32 Å². The van der Waals surface area contributed by atoms with Crippen LogP contribution in [0.2, 0.25) is 0 Å². The van der Waals surface area contributed by atoms with Gasteiger partial charge in [-0.3, -0.25) is 0 Å². The molecule has 0 atom stereocenters. The highest BCUT2D eigenvalue weighted by atomic mass is 35.5. The van der Waals surface area contributed by atoms with Crippen molar-refractivity contribution < 1.29 is 0 Å². The molecule has 0 aliphatic heterocycles. The Morgan fingerprint density at radius 3 is 2.00 bits per heavy atom. The Morgan fingerprint density at radius 2 is 1.53 bits per heavy atom. The van der Waals surface area contributed by atoms with E-state index in [4.69, 9.17) is 11.6 Å². The molecule has 2 heteroatoms. The van der Waals surface area contributed by atoms with E-state index in [0.717, 1.165) is 19.3 Å². The van der Waals surface area contributed by atoms with Gasteiger partial charge in [-0.15, -0.1) is 11.6 Å². The maximum atomic E-state index is 5.75. The first kappa shape index (κ1) is 18.7. The van der Waals surface area contributed by atoms with Gasteiger partial charge in [0.05, 0.1) is 0 Å². The lowest BCUT2D eigenvalue weighted by molar-refractivity contribution is 0.364. The lowest BCUT2D eigenvalue weighted by Gasteiger charge is -2.26. The third-order valence-electron chi connectivity index (χ3n) is 3.58. The monoisotopic (exact) mass is 285 g/mol. The molecule has 0 unspecified atom stereocenters. The van der Waals surface area contributed by atoms with Gasteiger partial charge in [-0.1, -0.05) is 37.1 Å². The standard InChI is InChI=1S/C17H32ClN/c1-14(13-17(5,6)19-7)8-10-16(3,4)12-15(2)9-11-18/h8-9,19H,10-13H2,1-7H3. The van der Waals surface area contributed by atoms with Crippen LogP contribution in [0.15, 0.2) is 23.3 Å². The van der Waals surface area contributed by atoms with E-state index in [1.165, 1.54) is 11.1 Å². The van der Waals surface area contributed by atoms with Gasteiger partial charge in [0.25, 0.3) is 0 Å². The van der Waals surface area contributed by atoms with Crippen molar-refractivity contribution in [2.45, 2.75) is 66.3 Å². The van der Waals surface area contributed by atoms with Gasteiger partial charge in [0.15, 0.2) is 0 Å². The van der Waals surface area contributed by atoms with Crippen molar-refractivity contribution in [3.8, 4) is 0 Å². The number of hydrogen-bond acceptors (Lipinski definition) is 1. The highest BCUT2D eigenvalue weighted by Crippen LogP contribution is 2.30. The van der Waals surface area contributed by atoms with E-state index in [9.17, 15) is 0 Å². The van der Waals surface area contributed by atoms with Crippen LogP contribution in [-0.4, -0.2) is 18.5 Å². The summed E-state index contributed by atoms with van der Waals surface area (Å²) >= 11 is 5.75. The summed E-state index contributed by atoms with van der Waals surface area (Å²) in [6.45, 7) is 13.5. The molecular formula is C17H32ClN. The molecule has 19 heavy (non-hydrogen) atoms. The zero-order valence-electron chi connectivity index (χ0n) is 13.9. The van der Waals surface area contributed by atoms with Crippen molar-refractivity contribution in [2.24, 2.45) is 5.41 Å². The molecule has 0 bridgehead atoms. The minimum absolute atomic E-state index is 0.180. The maximum Gasteiger partial charge on any atom is 0.0406 e. The molecule has 0 aromatic rings. The van der Waals surface area contributed by atoms with E-state index < -0.39 is 0 Å². The Balaban J connectivity index is 4.47. The minimum Gasteiger partial charge on any atom is -0.314 e. The summed E-state index contributed by atoms with van der Waals surface area (Å²) in [6, 6.07) is 0. The molecule has 0 fully saturated rings. The predicted octanol–water partition coefficient (Wildman–Crippen LogP) is 5.31. The molecule has 0 aromatic carbocycles. The first-order valence-corrected chi connectivity index (χ1v) is 7.71. The lowest BCUT2D eigenvalue weighted by Crippen LogP contribution is -2.36. The fraction of sp³-hybridized carbons (Fsp3) is 0.765. The Morgan fingerprint density at radius 1 is 1.00 bits per heavy atom. The lowest BCUT2D eigenvalue weighted by atomic mass is 9.81. The molecule has 0 aliphatic carbocycles. The smallest absolute Gasteiger partial charge is 0.0406 e. The fourth-order valence-corrected chi connectivity index (χ4v) is 2.60. The summed E-state index contributed by atoms with van der Waals surface area (Å²) in [7, 11) is 2.03. The Hall–Kier alpha value is -0.270. The summed E-state index contributed by atoms with van der Waals surface area (Å²) in [5.41, 5.74) is 3.34. The maximum absolute atomic E-state index is 5.75. The molecule has 1 nitrogen and oxygen atoms in total. The van der Waals surface area contributed by atoms with Crippen molar-refractivity contribution in [3.05, 3.63) is 23.3 Å². The quantitative estimate of drug-likeness (QED) is 0.470. The first-order valence-electron chi connectivity index (χ1n) is 7.18. The van der Waals surface area contributed by atoms with Crippen LogP contribution in [0.3, 0.4) is 0 Å². The van der Waals surface area contributed by atoms with Gasteiger partial charge < -0.3 is 5.32 Å². The molecule has 0 aromatic heterocycles. The van der Waals surface area contributed by atoms with Crippen molar-refractivity contribution in [3.63, 3.8) is 0 Å². The number of nitrogens with one attached hydrogen (secondary N) is 1. The number of alkyl halides is 1. The highest BCUT2D eigenvalue weighted by molar-refractivity contribution is 6.18. The first-order chi connectivity index (χ1) is 8.62. The normalized spacial score (nSPS) is 14.9. The van der Waals surface area contributed by atoms with Crippen molar-refractivity contribution in [2.75, 3.05) is 12.9 Å². The van der Waals surface area contributed by atoms with Gasteiger partial charge in [-0.2, -0.15) is 0 Å². The predicted molar refractivity (Wildman–Crippen MR) is 89.0 cm³/mol. The van der Waals surface area contributed by atoms with Gasteiger partial charge in [-0.25, -0.2) is 0 Å². The number of hydrogen-bond donors (Lipinski definition) is 1. The zero-order chi connectivity index (χ0) is 15.1. The second-order valence-corrected chi connectivity index (χ2v) is 7.42.